The van der Waals surface area contributed by atoms with Crippen LogP contribution in [0.15, 0.2) is 4.99 Å². The summed E-state index contributed by atoms with van der Waals surface area (Å²) in [6.07, 6.45) is 0.708. The molecule has 0 aliphatic heterocycles. The van der Waals surface area contributed by atoms with Gasteiger partial charge in [-0.25, -0.2) is 4.79 Å². The van der Waals surface area contributed by atoms with Gasteiger partial charge in [-0.1, -0.05) is 13.8 Å². The lowest BCUT2D eigenvalue weighted by Gasteiger charge is -2.24. The minimum absolute atomic E-state index is 0.0399. The molecule has 0 spiro atoms. The molecule has 11 N–H and O–H groups in total. The minimum atomic E-state index is -1.21. The van der Waals surface area contributed by atoms with Crippen LogP contribution < -0.4 is 33.6 Å². The van der Waals surface area contributed by atoms with E-state index in [4.69, 9.17) is 22.9 Å². The average molecular weight is 415 g/mol. The summed E-state index contributed by atoms with van der Waals surface area (Å²) >= 11 is 0. The zero-order chi connectivity index (χ0) is 22.6. The van der Waals surface area contributed by atoms with Gasteiger partial charge in [-0.2, -0.15) is 0 Å². The van der Waals surface area contributed by atoms with Crippen molar-refractivity contribution in [2.75, 3.05) is 6.54 Å². The van der Waals surface area contributed by atoms with Crippen LogP contribution in [0, 0.1) is 5.92 Å². The van der Waals surface area contributed by atoms with Crippen LogP contribution in [0.5, 0.6) is 0 Å². The molecule has 0 unspecified atom stereocenters. The number of nitrogens with two attached hydrogens (primary N) is 4. The summed E-state index contributed by atoms with van der Waals surface area (Å²) in [4.78, 5) is 50.8. The predicted molar refractivity (Wildman–Crippen MR) is 107 cm³/mol. The van der Waals surface area contributed by atoms with Gasteiger partial charge in [-0.3, -0.25) is 19.4 Å². The monoisotopic (exact) mass is 415 g/mol. The number of nitrogens with one attached hydrogen (secondary N) is 2. The quantitative estimate of drug-likeness (QED) is 0.0926. The molecule has 0 aliphatic rings. The summed E-state index contributed by atoms with van der Waals surface area (Å²) in [6.45, 7) is 3.93. The molecule has 0 saturated carbocycles. The van der Waals surface area contributed by atoms with Crippen LogP contribution in [-0.2, 0) is 19.2 Å². The second-order valence-corrected chi connectivity index (χ2v) is 7.15. The molecule has 3 atom stereocenters. The highest BCUT2D eigenvalue weighted by Crippen LogP contribution is 2.08. The fourth-order valence-corrected chi connectivity index (χ4v) is 2.44. The maximum absolute atomic E-state index is 12.6. The number of carbonyl (C=O) groups is 4. The number of amides is 3. The number of carboxylic acid groups (broad SMARTS) is 1. The third-order valence-corrected chi connectivity index (χ3v) is 3.94. The van der Waals surface area contributed by atoms with Crippen molar-refractivity contribution < 1.29 is 24.3 Å². The Labute approximate surface area is 169 Å². The van der Waals surface area contributed by atoms with Gasteiger partial charge in [0.15, 0.2) is 5.96 Å². The Kier molecular flexibility index (Phi) is 12.0. The number of carbonyl (C=O) groups excluding carboxylic acids is 3. The Bertz CT molecular complexity index is 605. The Morgan fingerprint density at radius 1 is 0.966 bits per heavy atom. The SMILES string of the molecule is CC(C)C[C@H](NC(=O)[C@@H](N)CCC(N)=O)C(=O)N[C@@H](CCCN=C(N)N)C(=O)O. The van der Waals surface area contributed by atoms with Crippen molar-refractivity contribution >= 4 is 29.7 Å². The van der Waals surface area contributed by atoms with Gasteiger partial charge in [-0.05, 0) is 31.6 Å². The van der Waals surface area contributed by atoms with Gasteiger partial charge in [0.05, 0.1) is 6.04 Å². The van der Waals surface area contributed by atoms with Crippen LogP contribution in [0.1, 0.15) is 46.0 Å². The largest absolute Gasteiger partial charge is 0.480 e. The first-order valence-corrected chi connectivity index (χ1v) is 9.36. The second kappa shape index (κ2) is 13.3. The van der Waals surface area contributed by atoms with Crippen molar-refractivity contribution in [3.05, 3.63) is 0 Å². The zero-order valence-corrected chi connectivity index (χ0v) is 16.9. The smallest absolute Gasteiger partial charge is 0.326 e. The number of carboxylic acids is 1. The molecular formula is C17H33N7O5. The van der Waals surface area contributed by atoms with Crippen molar-refractivity contribution in [2.24, 2.45) is 33.8 Å². The van der Waals surface area contributed by atoms with Gasteiger partial charge in [0.25, 0.3) is 0 Å². The summed E-state index contributed by atoms with van der Waals surface area (Å²) in [7, 11) is 0. The second-order valence-electron chi connectivity index (χ2n) is 7.15. The molecule has 0 aromatic carbocycles. The van der Waals surface area contributed by atoms with Crippen LogP contribution in [0.3, 0.4) is 0 Å². The number of guanidine groups is 1. The molecule has 0 saturated heterocycles. The molecular weight excluding hydrogens is 382 g/mol. The van der Waals surface area contributed by atoms with Crippen molar-refractivity contribution in [3.8, 4) is 0 Å². The molecule has 0 aromatic heterocycles. The van der Waals surface area contributed by atoms with Crippen LogP contribution in [0.4, 0.5) is 0 Å². The molecule has 0 aliphatic carbocycles. The van der Waals surface area contributed by atoms with E-state index < -0.39 is 41.8 Å². The molecule has 166 valence electrons. The maximum Gasteiger partial charge on any atom is 0.326 e. The van der Waals surface area contributed by atoms with Gasteiger partial charge in [-0.15, -0.1) is 0 Å². The lowest BCUT2D eigenvalue weighted by Crippen LogP contribution is -2.54. The molecule has 0 radical (unpaired) electrons. The number of aliphatic imine (C=N–C) groups is 1. The van der Waals surface area contributed by atoms with Gasteiger partial charge < -0.3 is 38.7 Å². The predicted octanol–water partition coefficient (Wildman–Crippen LogP) is -2.27. The highest BCUT2D eigenvalue weighted by Gasteiger charge is 2.28. The molecule has 29 heavy (non-hydrogen) atoms. The number of aliphatic carboxylic acids is 1. The van der Waals surface area contributed by atoms with E-state index in [0.717, 1.165) is 0 Å². The summed E-state index contributed by atoms with van der Waals surface area (Å²) in [5.41, 5.74) is 21.2. The summed E-state index contributed by atoms with van der Waals surface area (Å²) in [5.74, 6) is -3.12. The highest BCUT2D eigenvalue weighted by atomic mass is 16.4. The molecule has 0 rings (SSSR count). The fourth-order valence-electron chi connectivity index (χ4n) is 2.44. The van der Waals surface area contributed by atoms with Crippen molar-refractivity contribution in [2.45, 2.75) is 64.1 Å². The molecule has 0 aromatic rings. The normalized spacial score (nSPS) is 13.8. The summed E-state index contributed by atoms with van der Waals surface area (Å²) in [6, 6.07) is -3.15. The van der Waals surface area contributed by atoms with Crippen molar-refractivity contribution in [3.63, 3.8) is 0 Å². The summed E-state index contributed by atoms with van der Waals surface area (Å²) in [5, 5.41) is 14.3. The van der Waals surface area contributed by atoms with Gasteiger partial charge in [0.1, 0.15) is 12.1 Å². The van der Waals surface area contributed by atoms with E-state index in [9.17, 15) is 24.3 Å². The number of rotatable bonds is 14. The first-order valence-electron chi connectivity index (χ1n) is 9.36. The Morgan fingerprint density at radius 3 is 2.03 bits per heavy atom. The number of primary amides is 1. The van der Waals surface area contributed by atoms with Crippen LogP contribution in [0.25, 0.3) is 0 Å². The van der Waals surface area contributed by atoms with Crippen molar-refractivity contribution in [1.29, 1.82) is 0 Å². The molecule has 12 nitrogen and oxygen atoms in total. The third-order valence-electron chi connectivity index (χ3n) is 3.94. The number of hydrogen-bond donors (Lipinski definition) is 7. The molecule has 3 amide bonds. The van der Waals surface area contributed by atoms with E-state index in [-0.39, 0.29) is 44.1 Å². The van der Waals surface area contributed by atoms with Gasteiger partial charge in [0.2, 0.25) is 17.7 Å². The van der Waals surface area contributed by atoms with Crippen LogP contribution in [-0.4, -0.2) is 59.4 Å². The Balaban J connectivity index is 4.97. The first-order chi connectivity index (χ1) is 13.4. The summed E-state index contributed by atoms with van der Waals surface area (Å²) < 4.78 is 0. The lowest BCUT2D eigenvalue weighted by atomic mass is 10.0. The zero-order valence-electron chi connectivity index (χ0n) is 16.9. The van der Waals surface area contributed by atoms with Crippen LogP contribution in [0.2, 0.25) is 0 Å². The van der Waals surface area contributed by atoms with E-state index in [1.54, 1.807) is 0 Å². The number of hydrogen-bond acceptors (Lipinski definition) is 6. The average Bonchev–Trinajstić information content (AvgIpc) is 2.60. The van der Waals surface area contributed by atoms with Crippen molar-refractivity contribution in [1.82, 2.24) is 10.6 Å². The van der Waals surface area contributed by atoms with E-state index in [1.165, 1.54) is 0 Å². The van der Waals surface area contributed by atoms with Gasteiger partial charge >= 0.3 is 5.97 Å². The molecule has 0 fully saturated rings. The maximum atomic E-state index is 12.6. The standard InChI is InChI=1S/C17H33N7O5/c1-9(2)8-12(24-14(26)10(18)5-6-13(19)25)15(27)23-11(16(28)29)4-3-7-22-17(20)21/h9-12H,3-8,18H2,1-2H3,(H2,19,25)(H,23,27)(H,24,26)(H,28,29)(H4,20,21,22)/t10-,11-,12-/m0/s1. The van der Waals surface area contributed by atoms with Crippen LogP contribution >= 0.6 is 0 Å². The van der Waals surface area contributed by atoms with E-state index in [1.807, 2.05) is 13.8 Å². The highest BCUT2D eigenvalue weighted by molar-refractivity contribution is 5.92. The van der Waals surface area contributed by atoms with E-state index in [2.05, 4.69) is 15.6 Å². The Morgan fingerprint density at radius 2 is 1.55 bits per heavy atom. The van der Waals surface area contributed by atoms with E-state index >= 15 is 0 Å². The Hall–Kier alpha value is -2.89. The lowest BCUT2D eigenvalue weighted by molar-refractivity contribution is -0.142. The minimum Gasteiger partial charge on any atom is -0.480 e. The number of nitrogens with zero attached hydrogens (tertiary/aromatic N) is 1. The third kappa shape index (κ3) is 12.2. The molecule has 0 heterocycles. The van der Waals surface area contributed by atoms with E-state index in [0.29, 0.717) is 6.42 Å². The first kappa shape index (κ1) is 26.1. The molecule has 0 bridgehead atoms. The fraction of sp³-hybridized carbons (Fsp3) is 0.706. The van der Waals surface area contributed by atoms with Gasteiger partial charge in [0, 0.05) is 13.0 Å². The topological polar surface area (TPSA) is 229 Å². The molecule has 12 heteroatoms.